The Morgan fingerprint density at radius 3 is 2.20 bits per heavy atom. The van der Waals surface area contributed by atoms with Crippen molar-refractivity contribution in [2.24, 2.45) is 0 Å². The second-order valence-electron chi connectivity index (χ2n) is 5.69. The summed E-state index contributed by atoms with van der Waals surface area (Å²) in [5.41, 5.74) is 2.27. The molecule has 0 aliphatic heterocycles. The first-order valence-electron chi connectivity index (χ1n) is 7.01. The molecule has 0 spiro atoms. The van der Waals surface area contributed by atoms with Crippen molar-refractivity contribution in [1.82, 2.24) is 0 Å². The van der Waals surface area contributed by atoms with E-state index in [0.29, 0.717) is 5.75 Å². The van der Waals surface area contributed by atoms with Crippen molar-refractivity contribution in [3.63, 3.8) is 0 Å². The maximum atomic E-state index is 9.29. The van der Waals surface area contributed by atoms with Crippen LogP contribution in [-0.4, -0.2) is 17.3 Å². The number of hydrogen-bond donors (Lipinski definition) is 1. The average molecular weight is 270 g/mol. The molecule has 0 saturated carbocycles. The van der Waals surface area contributed by atoms with Gasteiger partial charge in [0, 0.05) is 6.42 Å². The number of rotatable bonds is 6. The second-order valence-corrected chi connectivity index (χ2v) is 5.69. The maximum Gasteiger partial charge on any atom is 0.115 e. The van der Waals surface area contributed by atoms with Gasteiger partial charge in [0.2, 0.25) is 0 Å². The lowest BCUT2D eigenvalue weighted by molar-refractivity contribution is -0.0152. The van der Waals surface area contributed by atoms with Crippen molar-refractivity contribution in [3.8, 4) is 5.75 Å². The van der Waals surface area contributed by atoms with E-state index in [-0.39, 0.29) is 5.60 Å². The molecule has 0 aromatic heterocycles. The summed E-state index contributed by atoms with van der Waals surface area (Å²) >= 11 is 0. The number of phenols is 1. The summed E-state index contributed by atoms with van der Waals surface area (Å²) in [4.78, 5) is 0. The van der Waals surface area contributed by atoms with Gasteiger partial charge in [-0.15, -0.1) is 0 Å². The summed E-state index contributed by atoms with van der Waals surface area (Å²) in [6.07, 6.45) is 1.77. The van der Waals surface area contributed by atoms with Crippen LogP contribution in [0.3, 0.4) is 0 Å². The average Bonchev–Trinajstić information content (AvgIpc) is 2.42. The molecule has 0 heterocycles. The molecule has 0 radical (unpaired) electrons. The Hall–Kier alpha value is -1.80. The SMILES string of the molecule is CC(C)(Cc1ccc(O)cc1)OCCc1ccccc1. The number of hydrogen-bond acceptors (Lipinski definition) is 2. The van der Waals surface area contributed by atoms with E-state index < -0.39 is 0 Å². The Labute approximate surface area is 121 Å². The highest BCUT2D eigenvalue weighted by Gasteiger charge is 2.18. The fourth-order valence-electron chi connectivity index (χ4n) is 2.25. The van der Waals surface area contributed by atoms with E-state index in [1.165, 1.54) is 11.1 Å². The minimum absolute atomic E-state index is 0.203. The second kappa shape index (κ2) is 6.58. The van der Waals surface area contributed by atoms with E-state index in [1.807, 2.05) is 18.2 Å². The van der Waals surface area contributed by atoms with Gasteiger partial charge < -0.3 is 9.84 Å². The van der Waals surface area contributed by atoms with E-state index in [9.17, 15) is 5.11 Å². The zero-order valence-electron chi connectivity index (χ0n) is 12.2. The van der Waals surface area contributed by atoms with Gasteiger partial charge in [-0.3, -0.25) is 0 Å². The van der Waals surface area contributed by atoms with Crippen LogP contribution in [0, 0.1) is 0 Å². The number of aromatic hydroxyl groups is 1. The van der Waals surface area contributed by atoms with Crippen LogP contribution in [-0.2, 0) is 17.6 Å². The summed E-state index contributed by atoms with van der Waals surface area (Å²) in [7, 11) is 0. The molecular formula is C18H22O2. The maximum absolute atomic E-state index is 9.29. The molecule has 1 N–H and O–H groups in total. The topological polar surface area (TPSA) is 29.5 Å². The third-order valence-corrected chi connectivity index (χ3v) is 3.29. The Morgan fingerprint density at radius 1 is 0.900 bits per heavy atom. The van der Waals surface area contributed by atoms with Crippen molar-refractivity contribution >= 4 is 0 Å². The molecule has 0 atom stereocenters. The molecule has 2 aromatic carbocycles. The van der Waals surface area contributed by atoms with Crippen LogP contribution in [0.4, 0.5) is 0 Å². The van der Waals surface area contributed by atoms with Gasteiger partial charge >= 0.3 is 0 Å². The minimum atomic E-state index is -0.203. The van der Waals surface area contributed by atoms with Gasteiger partial charge in [0.25, 0.3) is 0 Å². The number of ether oxygens (including phenoxy) is 1. The van der Waals surface area contributed by atoms with Crippen molar-refractivity contribution < 1.29 is 9.84 Å². The molecule has 2 nitrogen and oxygen atoms in total. The van der Waals surface area contributed by atoms with Gasteiger partial charge in [-0.2, -0.15) is 0 Å². The van der Waals surface area contributed by atoms with E-state index in [4.69, 9.17) is 4.74 Å². The number of benzene rings is 2. The van der Waals surface area contributed by atoms with Crippen molar-refractivity contribution in [1.29, 1.82) is 0 Å². The van der Waals surface area contributed by atoms with Crippen LogP contribution in [0.25, 0.3) is 0 Å². The molecule has 0 aliphatic carbocycles. The van der Waals surface area contributed by atoms with Crippen LogP contribution in [0.1, 0.15) is 25.0 Å². The van der Waals surface area contributed by atoms with Crippen LogP contribution >= 0.6 is 0 Å². The summed E-state index contributed by atoms with van der Waals surface area (Å²) < 4.78 is 6.01. The van der Waals surface area contributed by atoms with Crippen LogP contribution < -0.4 is 0 Å². The standard InChI is InChI=1S/C18H22O2/c1-18(2,14-16-8-10-17(19)11-9-16)20-13-12-15-6-4-3-5-7-15/h3-11,19H,12-14H2,1-2H3. The smallest absolute Gasteiger partial charge is 0.115 e. The quantitative estimate of drug-likeness (QED) is 0.860. The van der Waals surface area contributed by atoms with Crippen molar-refractivity contribution in [2.75, 3.05) is 6.61 Å². The normalized spacial score (nSPS) is 11.5. The monoisotopic (exact) mass is 270 g/mol. The lowest BCUT2D eigenvalue weighted by Crippen LogP contribution is -2.28. The third kappa shape index (κ3) is 4.71. The first-order valence-corrected chi connectivity index (χ1v) is 7.01. The molecule has 0 saturated heterocycles. The van der Waals surface area contributed by atoms with E-state index in [2.05, 4.69) is 38.1 Å². The molecule has 2 rings (SSSR count). The predicted octanol–water partition coefficient (Wildman–Crippen LogP) is 3.97. The zero-order valence-corrected chi connectivity index (χ0v) is 12.2. The molecule has 20 heavy (non-hydrogen) atoms. The fraction of sp³-hybridized carbons (Fsp3) is 0.333. The van der Waals surface area contributed by atoms with Crippen LogP contribution in [0.5, 0.6) is 5.75 Å². The minimum Gasteiger partial charge on any atom is -0.508 e. The van der Waals surface area contributed by atoms with E-state index in [0.717, 1.165) is 19.4 Å². The highest BCUT2D eigenvalue weighted by atomic mass is 16.5. The zero-order chi connectivity index (χ0) is 14.4. The van der Waals surface area contributed by atoms with Crippen LogP contribution in [0.15, 0.2) is 54.6 Å². The fourth-order valence-corrected chi connectivity index (χ4v) is 2.25. The Balaban J connectivity index is 1.83. The lowest BCUT2D eigenvalue weighted by Gasteiger charge is -2.25. The first-order chi connectivity index (χ1) is 9.55. The molecular weight excluding hydrogens is 248 g/mol. The van der Waals surface area contributed by atoms with E-state index in [1.54, 1.807) is 12.1 Å². The highest BCUT2D eigenvalue weighted by molar-refractivity contribution is 5.26. The molecule has 0 unspecified atom stereocenters. The highest BCUT2D eigenvalue weighted by Crippen LogP contribution is 2.19. The van der Waals surface area contributed by atoms with Gasteiger partial charge in [0.15, 0.2) is 0 Å². The summed E-state index contributed by atoms with van der Waals surface area (Å²) in [6.45, 7) is 4.92. The molecule has 2 heteroatoms. The molecule has 0 amide bonds. The van der Waals surface area contributed by atoms with Gasteiger partial charge in [-0.05, 0) is 43.5 Å². The first kappa shape index (κ1) is 14.6. The van der Waals surface area contributed by atoms with Crippen molar-refractivity contribution in [2.45, 2.75) is 32.3 Å². The largest absolute Gasteiger partial charge is 0.508 e. The summed E-state index contributed by atoms with van der Waals surface area (Å²) in [5.74, 6) is 0.302. The van der Waals surface area contributed by atoms with Gasteiger partial charge in [-0.1, -0.05) is 42.5 Å². The summed E-state index contributed by atoms with van der Waals surface area (Å²) in [6, 6.07) is 17.7. The molecule has 0 bridgehead atoms. The summed E-state index contributed by atoms with van der Waals surface area (Å²) in [5, 5.41) is 9.29. The lowest BCUT2D eigenvalue weighted by atomic mass is 9.98. The van der Waals surface area contributed by atoms with Gasteiger partial charge in [0.1, 0.15) is 5.75 Å². The van der Waals surface area contributed by atoms with Gasteiger partial charge in [-0.25, -0.2) is 0 Å². The predicted molar refractivity (Wildman–Crippen MR) is 82.0 cm³/mol. The molecule has 0 fully saturated rings. The van der Waals surface area contributed by atoms with Crippen molar-refractivity contribution in [3.05, 3.63) is 65.7 Å². The molecule has 2 aromatic rings. The van der Waals surface area contributed by atoms with Gasteiger partial charge in [0.05, 0.1) is 12.2 Å². The Bertz CT molecular complexity index is 515. The van der Waals surface area contributed by atoms with E-state index >= 15 is 0 Å². The Kier molecular flexibility index (Phi) is 4.80. The van der Waals surface area contributed by atoms with Crippen LogP contribution in [0.2, 0.25) is 0 Å². The third-order valence-electron chi connectivity index (χ3n) is 3.29. The number of phenolic OH excluding ortho intramolecular Hbond substituents is 1. The molecule has 0 aliphatic rings. The Morgan fingerprint density at radius 2 is 1.55 bits per heavy atom. The molecule has 106 valence electrons.